The molecule has 3 aromatic rings. The van der Waals surface area contributed by atoms with Gasteiger partial charge in [0.15, 0.2) is 6.17 Å². The van der Waals surface area contributed by atoms with E-state index in [0.717, 1.165) is 5.56 Å². The highest BCUT2D eigenvalue weighted by atomic mass is 35.5. The zero-order valence-electron chi connectivity index (χ0n) is 19.3. The van der Waals surface area contributed by atoms with Crippen LogP contribution in [0.5, 0.6) is 0 Å². The molecule has 1 aliphatic carbocycles. The molecule has 4 unspecified atom stereocenters. The Labute approximate surface area is 214 Å². The molecule has 0 aromatic heterocycles. The second kappa shape index (κ2) is 10.2. The monoisotopic (exact) mass is 507 g/mol. The summed E-state index contributed by atoms with van der Waals surface area (Å²) < 4.78 is 20.6. The standard InChI is InChI=1S/C29H24Cl2FNO2/c1-29(2)23(16-24(31)18-11-13-22(30)14-12-18)26(29)28(34)35-25(17-33)20-9-6-10-21(15-20)27(32)19-7-4-3-5-8-19/h3-16,23,25-27H,1-2H3. The van der Waals surface area contributed by atoms with Gasteiger partial charge >= 0.3 is 5.97 Å². The van der Waals surface area contributed by atoms with Gasteiger partial charge in [-0.1, -0.05) is 104 Å². The Kier molecular flexibility index (Phi) is 7.31. The van der Waals surface area contributed by atoms with E-state index in [2.05, 4.69) is 0 Å². The minimum Gasteiger partial charge on any atom is -0.442 e. The van der Waals surface area contributed by atoms with Crippen molar-refractivity contribution in [2.75, 3.05) is 0 Å². The van der Waals surface area contributed by atoms with Crippen LogP contribution in [-0.4, -0.2) is 5.97 Å². The fourth-order valence-electron chi connectivity index (χ4n) is 4.35. The van der Waals surface area contributed by atoms with Gasteiger partial charge in [0.05, 0.1) is 5.92 Å². The normalized spacial score (nSPS) is 20.4. The number of nitriles is 1. The summed E-state index contributed by atoms with van der Waals surface area (Å²) in [7, 11) is 0. The van der Waals surface area contributed by atoms with Gasteiger partial charge in [-0.25, -0.2) is 4.39 Å². The number of allylic oxidation sites excluding steroid dienone is 1. The fraction of sp³-hybridized carbons (Fsp3) is 0.241. The lowest BCUT2D eigenvalue weighted by atomic mass is 9.99. The molecule has 4 atom stereocenters. The Morgan fingerprint density at radius 2 is 1.66 bits per heavy atom. The molecule has 4 rings (SSSR count). The Bertz CT molecular complexity index is 1280. The quantitative estimate of drug-likeness (QED) is 0.303. The van der Waals surface area contributed by atoms with Crippen molar-refractivity contribution in [3.05, 3.63) is 112 Å². The molecule has 3 aromatic carbocycles. The summed E-state index contributed by atoms with van der Waals surface area (Å²) in [6.07, 6.45) is -0.636. The Balaban J connectivity index is 1.48. The number of alkyl halides is 1. The fourth-order valence-corrected chi connectivity index (χ4v) is 4.74. The third-order valence-corrected chi connectivity index (χ3v) is 7.16. The molecule has 3 nitrogen and oxygen atoms in total. The Morgan fingerprint density at radius 3 is 2.31 bits per heavy atom. The van der Waals surface area contributed by atoms with E-state index < -0.39 is 24.2 Å². The summed E-state index contributed by atoms with van der Waals surface area (Å²) in [4.78, 5) is 13.0. The number of benzene rings is 3. The van der Waals surface area contributed by atoms with Crippen LogP contribution in [-0.2, 0) is 9.53 Å². The van der Waals surface area contributed by atoms with Gasteiger partial charge in [0.25, 0.3) is 0 Å². The second-order valence-corrected chi connectivity index (χ2v) is 10.1. The van der Waals surface area contributed by atoms with Crippen molar-refractivity contribution < 1.29 is 13.9 Å². The summed E-state index contributed by atoms with van der Waals surface area (Å²) >= 11 is 12.4. The van der Waals surface area contributed by atoms with Gasteiger partial charge in [0, 0.05) is 15.6 Å². The molecule has 0 N–H and O–H groups in total. The highest BCUT2D eigenvalue weighted by molar-refractivity contribution is 6.48. The highest BCUT2D eigenvalue weighted by Gasteiger charge is 2.62. The predicted molar refractivity (Wildman–Crippen MR) is 136 cm³/mol. The largest absolute Gasteiger partial charge is 0.442 e. The second-order valence-electron chi connectivity index (χ2n) is 9.24. The van der Waals surface area contributed by atoms with Gasteiger partial charge in [-0.3, -0.25) is 4.79 Å². The molecule has 1 aliphatic rings. The third kappa shape index (κ3) is 5.42. The van der Waals surface area contributed by atoms with Crippen LogP contribution in [0.25, 0.3) is 5.03 Å². The average Bonchev–Trinajstić information content (AvgIpc) is 3.42. The molecule has 0 heterocycles. The van der Waals surface area contributed by atoms with Crippen LogP contribution < -0.4 is 0 Å². The van der Waals surface area contributed by atoms with Crippen molar-refractivity contribution in [2.24, 2.45) is 17.3 Å². The highest BCUT2D eigenvalue weighted by Crippen LogP contribution is 2.60. The van der Waals surface area contributed by atoms with Crippen LogP contribution >= 0.6 is 23.2 Å². The number of nitrogens with zero attached hydrogens (tertiary/aromatic N) is 1. The van der Waals surface area contributed by atoms with Crippen LogP contribution in [0.3, 0.4) is 0 Å². The number of carbonyl (C=O) groups is 1. The van der Waals surface area contributed by atoms with E-state index >= 15 is 4.39 Å². The van der Waals surface area contributed by atoms with E-state index in [9.17, 15) is 10.1 Å². The van der Waals surface area contributed by atoms with Crippen LogP contribution in [0.15, 0.2) is 84.9 Å². The zero-order valence-corrected chi connectivity index (χ0v) is 20.8. The van der Waals surface area contributed by atoms with E-state index in [1.807, 2.05) is 44.2 Å². The lowest BCUT2D eigenvalue weighted by molar-refractivity contribution is -0.149. The van der Waals surface area contributed by atoms with Gasteiger partial charge in [-0.05, 0) is 46.2 Å². The van der Waals surface area contributed by atoms with Gasteiger partial charge in [0.1, 0.15) is 6.07 Å². The van der Waals surface area contributed by atoms with Crippen molar-refractivity contribution >= 4 is 34.2 Å². The number of esters is 1. The van der Waals surface area contributed by atoms with Crippen LogP contribution in [0.4, 0.5) is 4.39 Å². The molecule has 0 spiro atoms. The molecule has 0 aliphatic heterocycles. The van der Waals surface area contributed by atoms with E-state index in [0.29, 0.717) is 26.7 Å². The number of hydrogen-bond acceptors (Lipinski definition) is 3. The average molecular weight is 508 g/mol. The van der Waals surface area contributed by atoms with Crippen molar-refractivity contribution in [1.29, 1.82) is 5.26 Å². The molecule has 1 fully saturated rings. The van der Waals surface area contributed by atoms with Gasteiger partial charge in [-0.15, -0.1) is 0 Å². The zero-order chi connectivity index (χ0) is 25.2. The van der Waals surface area contributed by atoms with E-state index in [1.54, 1.807) is 60.7 Å². The first-order valence-corrected chi connectivity index (χ1v) is 12.0. The Morgan fingerprint density at radius 1 is 1.03 bits per heavy atom. The third-order valence-electron chi connectivity index (χ3n) is 6.56. The Hall–Kier alpha value is -3.13. The van der Waals surface area contributed by atoms with Crippen molar-refractivity contribution in [2.45, 2.75) is 26.1 Å². The maximum Gasteiger partial charge on any atom is 0.311 e. The van der Waals surface area contributed by atoms with Gasteiger partial charge < -0.3 is 4.74 Å². The number of carbonyl (C=O) groups excluding carboxylic acids is 1. The van der Waals surface area contributed by atoms with Gasteiger partial charge in [-0.2, -0.15) is 5.26 Å². The topological polar surface area (TPSA) is 50.1 Å². The molecular weight excluding hydrogens is 484 g/mol. The van der Waals surface area contributed by atoms with Crippen molar-refractivity contribution in [1.82, 2.24) is 0 Å². The molecule has 6 heteroatoms. The number of hydrogen-bond donors (Lipinski definition) is 0. The molecule has 178 valence electrons. The van der Waals surface area contributed by atoms with Crippen LogP contribution in [0.1, 0.15) is 48.4 Å². The van der Waals surface area contributed by atoms with E-state index in [4.69, 9.17) is 27.9 Å². The minimum atomic E-state index is -1.35. The lowest BCUT2D eigenvalue weighted by Gasteiger charge is -2.15. The first-order chi connectivity index (χ1) is 16.7. The summed E-state index contributed by atoms with van der Waals surface area (Å²) in [6.45, 7) is 3.92. The first-order valence-electron chi connectivity index (χ1n) is 11.2. The molecular formula is C29H24Cl2FNO2. The lowest BCUT2D eigenvalue weighted by Crippen LogP contribution is -2.14. The maximum atomic E-state index is 15.0. The summed E-state index contributed by atoms with van der Waals surface area (Å²) in [5.74, 6) is -1.06. The molecule has 1 saturated carbocycles. The van der Waals surface area contributed by atoms with E-state index in [-0.39, 0.29) is 11.3 Å². The summed E-state index contributed by atoms with van der Waals surface area (Å²) in [5, 5.41) is 10.9. The maximum absolute atomic E-state index is 15.0. The minimum absolute atomic E-state index is 0.142. The number of halogens is 3. The van der Waals surface area contributed by atoms with E-state index in [1.165, 1.54) is 0 Å². The molecule has 0 bridgehead atoms. The molecule has 0 amide bonds. The van der Waals surface area contributed by atoms with Gasteiger partial charge in [0.2, 0.25) is 6.10 Å². The summed E-state index contributed by atoms with van der Waals surface area (Å²) in [6, 6.07) is 24.5. The van der Waals surface area contributed by atoms with Crippen molar-refractivity contribution in [3.63, 3.8) is 0 Å². The SMILES string of the molecule is CC1(C)C(C=C(Cl)c2ccc(Cl)cc2)C1C(=O)OC(C#N)c1cccc(C(F)c2ccccc2)c1. The van der Waals surface area contributed by atoms with Crippen molar-refractivity contribution in [3.8, 4) is 6.07 Å². The van der Waals surface area contributed by atoms with Crippen LogP contribution in [0.2, 0.25) is 5.02 Å². The smallest absolute Gasteiger partial charge is 0.311 e. The number of ether oxygens (including phenoxy) is 1. The molecule has 0 saturated heterocycles. The summed E-state index contributed by atoms with van der Waals surface area (Å²) in [5.41, 5.74) is 1.77. The first kappa shape index (κ1) is 25.0. The molecule has 35 heavy (non-hydrogen) atoms. The predicted octanol–water partition coefficient (Wildman–Crippen LogP) is 8.06. The number of rotatable bonds is 7. The molecule has 0 radical (unpaired) electrons. The van der Waals surface area contributed by atoms with Crippen LogP contribution in [0, 0.1) is 28.6 Å².